The SMILES string of the molecule is CC1(C)CCCN1C(=O)Nc1c(Br)cc(Br)cc1C(=O)O. The van der Waals surface area contributed by atoms with Crippen LogP contribution in [0.1, 0.15) is 37.0 Å². The fourth-order valence-corrected chi connectivity index (χ4v) is 3.85. The first kappa shape index (κ1) is 16.3. The number of benzene rings is 1. The molecular weight excluding hydrogens is 404 g/mol. The summed E-state index contributed by atoms with van der Waals surface area (Å²) in [4.78, 5) is 25.5. The van der Waals surface area contributed by atoms with Crippen LogP contribution in [0.5, 0.6) is 0 Å². The highest BCUT2D eigenvalue weighted by atomic mass is 79.9. The van der Waals surface area contributed by atoms with Crippen molar-refractivity contribution >= 4 is 49.5 Å². The van der Waals surface area contributed by atoms with Gasteiger partial charge in [-0.1, -0.05) is 15.9 Å². The van der Waals surface area contributed by atoms with Gasteiger partial charge in [-0.15, -0.1) is 0 Å². The minimum absolute atomic E-state index is 0.0432. The molecule has 5 nitrogen and oxygen atoms in total. The van der Waals surface area contributed by atoms with E-state index in [0.29, 0.717) is 15.5 Å². The van der Waals surface area contributed by atoms with Gasteiger partial charge in [0.2, 0.25) is 0 Å². The van der Waals surface area contributed by atoms with E-state index >= 15 is 0 Å². The minimum Gasteiger partial charge on any atom is -0.478 e. The van der Waals surface area contributed by atoms with Gasteiger partial charge >= 0.3 is 12.0 Å². The molecule has 1 fully saturated rings. The number of hydrogen-bond donors (Lipinski definition) is 2. The number of nitrogens with one attached hydrogen (secondary N) is 1. The van der Waals surface area contributed by atoms with Gasteiger partial charge in [0.1, 0.15) is 0 Å². The molecule has 0 aliphatic carbocycles. The van der Waals surface area contributed by atoms with Crippen LogP contribution in [0.25, 0.3) is 0 Å². The smallest absolute Gasteiger partial charge is 0.337 e. The molecule has 1 aromatic rings. The van der Waals surface area contributed by atoms with Crippen molar-refractivity contribution in [2.24, 2.45) is 0 Å². The number of anilines is 1. The summed E-state index contributed by atoms with van der Waals surface area (Å²) in [7, 11) is 0. The number of aromatic carboxylic acids is 1. The standard InChI is InChI=1S/C14H16Br2N2O3/c1-14(2)4-3-5-18(14)13(21)17-11-9(12(19)20)6-8(15)7-10(11)16/h6-7H,3-5H2,1-2H3,(H,17,21)(H,19,20). The number of carbonyl (C=O) groups excluding carboxylic acids is 1. The predicted octanol–water partition coefficient (Wildman–Crippen LogP) is 4.32. The number of hydrogen-bond acceptors (Lipinski definition) is 2. The van der Waals surface area contributed by atoms with Crippen LogP contribution in [0.2, 0.25) is 0 Å². The number of nitrogens with zero attached hydrogens (tertiary/aromatic N) is 1. The van der Waals surface area contributed by atoms with E-state index in [1.807, 2.05) is 13.8 Å². The summed E-state index contributed by atoms with van der Waals surface area (Å²) >= 11 is 6.55. The normalized spacial score (nSPS) is 16.9. The average Bonchev–Trinajstić information content (AvgIpc) is 2.71. The second-order valence-corrected chi connectivity index (χ2v) is 7.38. The molecule has 0 aromatic heterocycles. The van der Waals surface area contributed by atoms with Crippen LogP contribution in [-0.2, 0) is 0 Å². The van der Waals surface area contributed by atoms with Crippen molar-refractivity contribution in [3.8, 4) is 0 Å². The van der Waals surface area contributed by atoms with Crippen LogP contribution >= 0.6 is 31.9 Å². The molecule has 2 amide bonds. The molecular formula is C14H16Br2N2O3. The Bertz CT molecular complexity index is 602. The van der Waals surface area contributed by atoms with Crippen molar-refractivity contribution in [1.82, 2.24) is 4.90 Å². The van der Waals surface area contributed by atoms with Gasteiger partial charge in [-0.2, -0.15) is 0 Å². The van der Waals surface area contributed by atoms with Crippen LogP contribution in [0, 0.1) is 0 Å². The molecule has 1 aliphatic heterocycles. The average molecular weight is 420 g/mol. The molecule has 0 unspecified atom stereocenters. The maximum atomic E-state index is 12.4. The van der Waals surface area contributed by atoms with Crippen molar-refractivity contribution in [2.75, 3.05) is 11.9 Å². The van der Waals surface area contributed by atoms with Gasteiger partial charge in [0.15, 0.2) is 0 Å². The van der Waals surface area contributed by atoms with E-state index in [-0.39, 0.29) is 22.8 Å². The van der Waals surface area contributed by atoms with E-state index in [9.17, 15) is 14.7 Å². The van der Waals surface area contributed by atoms with E-state index in [1.54, 1.807) is 11.0 Å². The van der Waals surface area contributed by atoms with Crippen LogP contribution < -0.4 is 5.32 Å². The highest BCUT2D eigenvalue weighted by molar-refractivity contribution is 9.11. The van der Waals surface area contributed by atoms with Crippen molar-refractivity contribution in [1.29, 1.82) is 0 Å². The Morgan fingerprint density at radius 1 is 1.33 bits per heavy atom. The van der Waals surface area contributed by atoms with E-state index < -0.39 is 5.97 Å². The zero-order valence-corrected chi connectivity index (χ0v) is 14.9. The quantitative estimate of drug-likeness (QED) is 0.749. The third kappa shape index (κ3) is 3.40. The van der Waals surface area contributed by atoms with Crippen LogP contribution in [-0.4, -0.2) is 34.1 Å². The summed E-state index contributed by atoms with van der Waals surface area (Å²) in [5.74, 6) is -1.09. The molecule has 114 valence electrons. The van der Waals surface area contributed by atoms with E-state index in [0.717, 1.165) is 12.8 Å². The monoisotopic (exact) mass is 418 g/mol. The van der Waals surface area contributed by atoms with E-state index in [2.05, 4.69) is 37.2 Å². The van der Waals surface area contributed by atoms with Gasteiger partial charge in [0.05, 0.1) is 11.3 Å². The van der Waals surface area contributed by atoms with Gasteiger partial charge in [-0.3, -0.25) is 0 Å². The lowest BCUT2D eigenvalue weighted by Gasteiger charge is -2.31. The second kappa shape index (κ2) is 5.96. The topological polar surface area (TPSA) is 69.6 Å². The fourth-order valence-electron chi connectivity index (χ4n) is 2.53. The molecule has 1 heterocycles. The zero-order chi connectivity index (χ0) is 15.8. The summed E-state index contributed by atoms with van der Waals surface area (Å²) in [6, 6.07) is 2.90. The number of carbonyl (C=O) groups is 2. The second-order valence-electron chi connectivity index (χ2n) is 5.61. The third-order valence-electron chi connectivity index (χ3n) is 3.66. The number of urea groups is 1. The molecule has 7 heteroatoms. The first-order valence-electron chi connectivity index (χ1n) is 6.53. The largest absolute Gasteiger partial charge is 0.478 e. The van der Waals surface area contributed by atoms with Gasteiger partial charge in [0, 0.05) is 21.0 Å². The van der Waals surface area contributed by atoms with E-state index in [4.69, 9.17) is 0 Å². The van der Waals surface area contributed by atoms with Gasteiger partial charge < -0.3 is 15.3 Å². The van der Waals surface area contributed by atoms with Crippen molar-refractivity contribution in [3.63, 3.8) is 0 Å². The van der Waals surface area contributed by atoms with Crippen molar-refractivity contribution in [3.05, 3.63) is 26.6 Å². The minimum atomic E-state index is -1.09. The molecule has 21 heavy (non-hydrogen) atoms. The maximum absolute atomic E-state index is 12.4. The molecule has 2 rings (SSSR count). The Hall–Kier alpha value is -1.08. The maximum Gasteiger partial charge on any atom is 0.337 e. The first-order chi connectivity index (χ1) is 9.72. The summed E-state index contributed by atoms with van der Waals surface area (Å²) in [6.45, 7) is 4.69. The zero-order valence-electron chi connectivity index (χ0n) is 11.7. The number of halogens is 2. The Morgan fingerprint density at radius 2 is 2.00 bits per heavy atom. The molecule has 1 aliphatic rings. The number of likely N-dealkylation sites (tertiary alicyclic amines) is 1. The number of carboxylic acids is 1. The molecule has 1 saturated heterocycles. The van der Waals surface area contributed by atoms with Gasteiger partial charge in [-0.25, -0.2) is 9.59 Å². The Balaban J connectivity index is 2.31. The summed E-state index contributed by atoms with van der Waals surface area (Å²) in [5.41, 5.74) is 0.106. The summed E-state index contributed by atoms with van der Waals surface area (Å²) in [6.07, 6.45) is 1.89. The van der Waals surface area contributed by atoms with Crippen molar-refractivity contribution < 1.29 is 14.7 Å². The molecule has 2 N–H and O–H groups in total. The lowest BCUT2D eigenvalue weighted by molar-refractivity contribution is 0.0698. The Kier molecular flexibility index (Phi) is 4.63. The number of carboxylic acid groups (broad SMARTS) is 1. The Morgan fingerprint density at radius 3 is 2.52 bits per heavy atom. The number of rotatable bonds is 2. The number of amides is 2. The Labute approximate surface area is 140 Å². The highest BCUT2D eigenvalue weighted by Gasteiger charge is 2.36. The molecule has 1 aromatic carbocycles. The van der Waals surface area contributed by atoms with Crippen LogP contribution in [0.15, 0.2) is 21.1 Å². The predicted molar refractivity (Wildman–Crippen MR) is 87.8 cm³/mol. The van der Waals surface area contributed by atoms with Crippen LogP contribution in [0.3, 0.4) is 0 Å². The lowest BCUT2D eigenvalue weighted by atomic mass is 10.0. The van der Waals surface area contributed by atoms with Crippen LogP contribution in [0.4, 0.5) is 10.5 Å². The van der Waals surface area contributed by atoms with Gasteiger partial charge in [-0.05, 0) is 54.8 Å². The third-order valence-corrected chi connectivity index (χ3v) is 4.75. The molecule has 0 bridgehead atoms. The van der Waals surface area contributed by atoms with E-state index in [1.165, 1.54) is 6.07 Å². The molecule has 0 atom stereocenters. The molecule has 0 radical (unpaired) electrons. The fraction of sp³-hybridized carbons (Fsp3) is 0.429. The highest BCUT2D eigenvalue weighted by Crippen LogP contribution is 2.33. The molecule has 0 saturated carbocycles. The summed E-state index contributed by atoms with van der Waals surface area (Å²) < 4.78 is 1.16. The van der Waals surface area contributed by atoms with Crippen molar-refractivity contribution in [2.45, 2.75) is 32.2 Å². The lowest BCUT2D eigenvalue weighted by Crippen LogP contribution is -2.45. The summed E-state index contributed by atoms with van der Waals surface area (Å²) in [5, 5.41) is 12.0. The molecule has 0 spiro atoms. The first-order valence-corrected chi connectivity index (χ1v) is 8.12. The van der Waals surface area contributed by atoms with Gasteiger partial charge in [0.25, 0.3) is 0 Å².